The molecule has 2 amide bonds. The minimum atomic E-state index is -0.560. The molecule has 1 aliphatic heterocycles. The molecule has 116 valence electrons. The largest absolute Gasteiger partial charge is 0.457 e. The highest BCUT2D eigenvalue weighted by atomic mass is 35.5. The molecule has 1 fully saturated rings. The van der Waals surface area contributed by atoms with Gasteiger partial charge in [-0.2, -0.15) is 0 Å². The van der Waals surface area contributed by atoms with Gasteiger partial charge in [0.05, 0.1) is 0 Å². The van der Waals surface area contributed by atoms with Gasteiger partial charge in [0.1, 0.15) is 17.1 Å². The highest BCUT2D eigenvalue weighted by Crippen LogP contribution is 2.30. The number of benzene rings is 1. The van der Waals surface area contributed by atoms with Gasteiger partial charge in [0, 0.05) is 10.6 Å². The van der Waals surface area contributed by atoms with E-state index in [0.29, 0.717) is 16.5 Å². The average molecular weight is 347 g/mol. The van der Waals surface area contributed by atoms with Crippen LogP contribution < -0.4 is 10.6 Å². The standard InChI is InChI=1S/C16H11ClN2O3S/c1-8-10(3-2-4-12(8)17)13-6-5-9(22-13)7-11-14(20)18-16(23)19-15(11)21/h2-7H,1H3,(H2,18,19,20,21,23). The molecule has 0 aliphatic carbocycles. The van der Waals surface area contributed by atoms with E-state index in [1.54, 1.807) is 18.2 Å². The summed E-state index contributed by atoms with van der Waals surface area (Å²) < 4.78 is 5.70. The van der Waals surface area contributed by atoms with Crippen molar-refractivity contribution in [3.63, 3.8) is 0 Å². The molecule has 5 nitrogen and oxygen atoms in total. The Morgan fingerprint density at radius 1 is 1.13 bits per heavy atom. The minimum absolute atomic E-state index is 0.00756. The zero-order valence-corrected chi connectivity index (χ0v) is 13.5. The van der Waals surface area contributed by atoms with Crippen molar-refractivity contribution in [2.45, 2.75) is 6.92 Å². The van der Waals surface area contributed by atoms with Crippen LogP contribution in [0.4, 0.5) is 0 Å². The fourth-order valence-electron chi connectivity index (χ4n) is 2.20. The summed E-state index contributed by atoms with van der Waals surface area (Å²) in [4.78, 5) is 23.6. The zero-order valence-electron chi connectivity index (χ0n) is 12.0. The van der Waals surface area contributed by atoms with Crippen molar-refractivity contribution in [3.8, 4) is 11.3 Å². The van der Waals surface area contributed by atoms with Crippen LogP contribution in [0, 0.1) is 6.92 Å². The molecule has 0 atom stereocenters. The van der Waals surface area contributed by atoms with Gasteiger partial charge < -0.3 is 4.42 Å². The Morgan fingerprint density at radius 3 is 2.52 bits per heavy atom. The highest BCUT2D eigenvalue weighted by Gasteiger charge is 2.26. The summed E-state index contributed by atoms with van der Waals surface area (Å²) in [6, 6.07) is 8.94. The fourth-order valence-corrected chi connectivity index (χ4v) is 2.56. The number of nitrogens with one attached hydrogen (secondary N) is 2. The Balaban J connectivity index is 1.95. The molecule has 23 heavy (non-hydrogen) atoms. The second-order valence-corrected chi connectivity index (χ2v) is 5.73. The van der Waals surface area contributed by atoms with Crippen LogP contribution >= 0.6 is 23.8 Å². The van der Waals surface area contributed by atoms with Crippen molar-refractivity contribution >= 4 is 46.8 Å². The predicted molar refractivity (Wildman–Crippen MR) is 90.8 cm³/mol. The van der Waals surface area contributed by atoms with Gasteiger partial charge in [-0.05, 0) is 49.0 Å². The van der Waals surface area contributed by atoms with Gasteiger partial charge in [0.25, 0.3) is 11.8 Å². The molecule has 2 N–H and O–H groups in total. The van der Waals surface area contributed by atoms with Crippen molar-refractivity contribution in [2.24, 2.45) is 0 Å². The molecular weight excluding hydrogens is 336 g/mol. The van der Waals surface area contributed by atoms with Gasteiger partial charge in [-0.15, -0.1) is 0 Å². The molecule has 0 unspecified atom stereocenters. The predicted octanol–water partition coefficient (Wildman–Crippen LogP) is 2.82. The van der Waals surface area contributed by atoms with E-state index in [1.807, 2.05) is 19.1 Å². The Labute approximate surface area is 142 Å². The first-order chi connectivity index (χ1) is 11.0. The molecule has 1 saturated heterocycles. The van der Waals surface area contributed by atoms with Crippen LogP contribution in [0.1, 0.15) is 11.3 Å². The van der Waals surface area contributed by atoms with Gasteiger partial charge in [-0.1, -0.05) is 23.7 Å². The molecular formula is C16H11ClN2O3S. The normalized spacial score (nSPS) is 14.5. The fraction of sp³-hybridized carbons (Fsp3) is 0.0625. The van der Waals surface area contributed by atoms with Gasteiger partial charge >= 0.3 is 0 Å². The molecule has 0 saturated carbocycles. The summed E-state index contributed by atoms with van der Waals surface area (Å²) in [7, 11) is 0. The first kappa shape index (κ1) is 15.5. The van der Waals surface area contributed by atoms with Crippen LogP contribution in [0.15, 0.2) is 40.3 Å². The van der Waals surface area contributed by atoms with E-state index in [-0.39, 0.29) is 10.7 Å². The SMILES string of the molecule is Cc1c(Cl)cccc1-c1ccc(C=C2C(=O)NC(=S)NC2=O)o1. The summed E-state index contributed by atoms with van der Waals surface area (Å²) in [5, 5.41) is 5.37. The monoisotopic (exact) mass is 346 g/mol. The van der Waals surface area contributed by atoms with Gasteiger partial charge in [0.2, 0.25) is 0 Å². The van der Waals surface area contributed by atoms with E-state index in [9.17, 15) is 9.59 Å². The molecule has 1 aromatic carbocycles. The number of thiocarbonyl (C=S) groups is 1. The number of halogens is 1. The van der Waals surface area contributed by atoms with Crippen LogP contribution in [0.3, 0.4) is 0 Å². The lowest BCUT2D eigenvalue weighted by Crippen LogP contribution is -2.51. The van der Waals surface area contributed by atoms with E-state index in [4.69, 9.17) is 28.2 Å². The smallest absolute Gasteiger partial charge is 0.263 e. The average Bonchev–Trinajstić information content (AvgIpc) is 2.94. The summed E-state index contributed by atoms with van der Waals surface area (Å²) in [6.45, 7) is 1.89. The maximum Gasteiger partial charge on any atom is 0.263 e. The molecule has 1 aliphatic rings. The van der Waals surface area contributed by atoms with E-state index < -0.39 is 11.8 Å². The number of carbonyl (C=O) groups is 2. The van der Waals surface area contributed by atoms with Crippen LogP contribution in [-0.4, -0.2) is 16.9 Å². The van der Waals surface area contributed by atoms with Crippen molar-refractivity contribution in [1.29, 1.82) is 0 Å². The lowest BCUT2D eigenvalue weighted by Gasteiger charge is -2.15. The first-order valence-electron chi connectivity index (χ1n) is 6.69. The Hall–Kier alpha value is -2.44. The van der Waals surface area contributed by atoms with Gasteiger partial charge in [-0.3, -0.25) is 20.2 Å². The third kappa shape index (κ3) is 3.04. The van der Waals surface area contributed by atoms with E-state index in [1.165, 1.54) is 6.08 Å². The summed E-state index contributed by atoms with van der Waals surface area (Å²) in [6.07, 6.45) is 1.37. The topological polar surface area (TPSA) is 71.3 Å². The van der Waals surface area contributed by atoms with Crippen molar-refractivity contribution in [3.05, 3.63) is 52.3 Å². The lowest BCUT2D eigenvalue weighted by atomic mass is 10.1. The van der Waals surface area contributed by atoms with Crippen LogP contribution in [0.25, 0.3) is 17.4 Å². The second kappa shape index (κ2) is 5.98. The van der Waals surface area contributed by atoms with E-state index in [2.05, 4.69) is 10.6 Å². The Kier molecular flexibility index (Phi) is 4.02. The molecule has 3 rings (SSSR count). The maximum atomic E-state index is 11.8. The van der Waals surface area contributed by atoms with Crippen molar-refractivity contribution in [2.75, 3.05) is 0 Å². The third-order valence-electron chi connectivity index (χ3n) is 3.39. The number of carbonyl (C=O) groups excluding carboxylic acids is 2. The summed E-state index contributed by atoms with van der Waals surface area (Å²) in [5.74, 6) is -0.136. The summed E-state index contributed by atoms with van der Waals surface area (Å²) in [5.41, 5.74) is 1.67. The molecule has 2 heterocycles. The van der Waals surface area contributed by atoms with Crippen molar-refractivity contribution < 1.29 is 14.0 Å². The van der Waals surface area contributed by atoms with E-state index in [0.717, 1.165) is 11.1 Å². The number of hydrogen-bond acceptors (Lipinski definition) is 4. The molecule has 0 bridgehead atoms. The second-order valence-electron chi connectivity index (χ2n) is 4.91. The van der Waals surface area contributed by atoms with Crippen LogP contribution in [0.5, 0.6) is 0 Å². The Bertz CT molecular complexity index is 848. The quantitative estimate of drug-likeness (QED) is 0.498. The molecule has 7 heteroatoms. The minimum Gasteiger partial charge on any atom is -0.457 e. The number of hydrogen-bond donors (Lipinski definition) is 2. The van der Waals surface area contributed by atoms with Crippen molar-refractivity contribution in [1.82, 2.24) is 10.6 Å². The van der Waals surface area contributed by atoms with E-state index >= 15 is 0 Å². The molecule has 2 aromatic rings. The maximum absolute atomic E-state index is 11.8. The van der Waals surface area contributed by atoms with Gasteiger partial charge in [-0.25, -0.2) is 0 Å². The number of amides is 2. The number of rotatable bonds is 2. The lowest BCUT2D eigenvalue weighted by molar-refractivity contribution is -0.123. The van der Waals surface area contributed by atoms with Crippen LogP contribution in [-0.2, 0) is 9.59 Å². The Morgan fingerprint density at radius 2 is 1.83 bits per heavy atom. The summed E-state index contributed by atoms with van der Waals surface area (Å²) >= 11 is 10.9. The first-order valence-corrected chi connectivity index (χ1v) is 7.48. The molecule has 0 spiro atoms. The van der Waals surface area contributed by atoms with Gasteiger partial charge in [0.15, 0.2) is 5.11 Å². The third-order valence-corrected chi connectivity index (χ3v) is 4.00. The molecule has 0 radical (unpaired) electrons. The molecule has 1 aromatic heterocycles. The number of furan rings is 1. The highest BCUT2D eigenvalue weighted by molar-refractivity contribution is 7.80. The van der Waals surface area contributed by atoms with Crippen LogP contribution in [0.2, 0.25) is 5.02 Å². The zero-order chi connectivity index (χ0) is 16.6.